The van der Waals surface area contributed by atoms with Crippen molar-refractivity contribution in [2.24, 2.45) is 0 Å². The largest absolute Gasteiger partial charge is 0.310 e. The van der Waals surface area contributed by atoms with Crippen molar-refractivity contribution >= 4 is 17.1 Å². The molecule has 0 unspecified atom stereocenters. The SMILES string of the molecule is CC1(C)c2ccccc2-c2ccc(N(c3ccc(C4(c5ccccc5)c5ccccc5-c5ccccc54)cc3)c3cccc4c3-c3ccccc3C4(C)C)cc21. The molecule has 268 valence electrons. The Morgan fingerprint density at radius 1 is 0.321 bits per heavy atom. The number of anilines is 3. The number of hydrogen-bond acceptors (Lipinski definition) is 1. The Kier molecular flexibility index (Phi) is 6.93. The van der Waals surface area contributed by atoms with Crippen LogP contribution >= 0.6 is 0 Å². The molecule has 0 aromatic heterocycles. The lowest BCUT2D eigenvalue weighted by atomic mass is 9.68. The van der Waals surface area contributed by atoms with Crippen LogP contribution < -0.4 is 4.90 Å². The summed E-state index contributed by atoms with van der Waals surface area (Å²) < 4.78 is 0. The Balaban J connectivity index is 1.15. The molecule has 8 aromatic carbocycles. The second-order valence-corrected chi connectivity index (χ2v) is 16.9. The molecule has 0 fully saturated rings. The molecule has 0 amide bonds. The van der Waals surface area contributed by atoms with E-state index in [1.165, 1.54) is 89.3 Å². The van der Waals surface area contributed by atoms with Gasteiger partial charge in [-0.1, -0.05) is 185 Å². The molecule has 0 N–H and O–H groups in total. The van der Waals surface area contributed by atoms with Gasteiger partial charge in [0.25, 0.3) is 0 Å². The van der Waals surface area contributed by atoms with E-state index >= 15 is 0 Å². The van der Waals surface area contributed by atoms with Crippen LogP contribution in [0.1, 0.15) is 72.2 Å². The molecule has 56 heavy (non-hydrogen) atoms. The first-order chi connectivity index (χ1) is 27.3. The van der Waals surface area contributed by atoms with Gasteiger partial charge in [0.05, 0.1) is 11.1 Å². The van der Waals surface area contributed by atoms with Crippen molar-refractivity contribution in [3.05, 3.63) is 233 Å². The van der Waals surface area contributed by atoms with E-state index in [0.29, 0.717) is 0 Å². The number of hydrogen-bond donors (Lipinski definition) is 0. The third-order valence-corrected chi connectivity index (χ3v) is 13.4. The van der Waals surface area contributed by atoms with E-state index in [2.05, 4.69) is 221 Å². The summed E-state index contributed by atoms with van der Waals surface area (Å²) in [6.07, 6.45) is 0. The van der Waals surface area contributed by atoms with Crippen LogP contribution in [-0.4, -0.2) is 0 Å². The normalized spacial score (nSPS) is 15.6. The summed E-state index contributed by atoms with van der Waals surface area (Å²) in [6.45, 7) is 9.49. The van der Waals surface area contributed by atoms with E-state index in [9.17, 15) is 0 Å². The molecule has 1 nitrogen and oxygen atoms in total. The Hall–Kier alpha value is -6.44. The maximum absolute atomic E-state index is 2.52. The van der Waals surface area contributed by atoms with Gasteiger partial charge in [0, 0.05) is 27.8 Å². The third-order valence-electron chi connectivity index (χ3n) is 13.4. The highest BCUT2D eigenvalue weighted by Crippen LogP contribution is 2.58. The lowest BCUT2D eigenvalue weighted by Crippen LogP contribution is -2.28. The minimum Gasteiger partial charge on any atom is -0.310 e. The van der Waals surface area contributed by atoms with Crippen LogP contribution in [0.15, 0.2) is 188 Å². The molecule has 0 bridgehead atoms. The smallest absolute Gasteiger partial charge is 0.0713 e. The minimum atomic E-state index is -0.446. The van der Waals surface area contributed by atoms with Gasteiger partial charge in [-0.2, -0.15) is 0 Å². The molecule has 0 heterocycles. The monoisotopic (exact) mass is 717 g/mol. The first-order valence-electron chi connectivity index (χ1n) is 19.9. The highest BCUT2D eigenvalue weighted by Gasteiger charge is 2.46. The zero-order valence-corrected chi connectivity index (χ0v) is 32.3. The second kappa shape index (κ2) is 11.8. The zero-order valence-electron chi connectivity index (χ0n) is 32.3. The number of nitrogens with zero attached hydrogens (tertiary/aromatic N) is 1. The van der Waals surface area contributed by atoms with Gasteiger partial charge in [-0.05, 0) is 103 Å². The standard InChI is InChI=1S/C55H43N/c1-53(2)46-24-13-11-22-44(46)52-49(53)27-16-28-51(52)56(39-33-34-43-40-19-8-12-23-45(40)54(3,4)50(43)35-39)38-31-29-37(30-32-38)55(36-17-6-5-7-18-36)47-25-14-9-20-41(47)42-21-10-15-26-48(42)55/h5-35H,1-4H3. The summed E-state index contributed by atoms with van der Waals surface area (Å²) in [5, 5.41) is 0. The maximum atomic E-state index is 2.52. The van der Waals surface area contributed by atoms with E-state index < -0.39 is 5.41 Å². The topological polar surface area (TPSA) is 3.24 Å². The molecular weight excluding hydrogens is 675 g/mol. The van der Waals surface area contributed by atoms with E-state index in [0.717, 1.165) is 5.69 Å². The van der Waals surface area contributed by atoms with Crippen LogP contribution in [0.5, 0.6) is 0 Å². The van der Waals surface area contributed by atoms with E-state index in [-0.39, 0.29) is 10.8 Å². The van der Waals surface area contributed by atoms with E-state index in [4.69, 9.17) is 0 Å². The lowest BCUT2D eigenvalue weighted by Gasteiger charge is -2.35. The van der Waals surface area contributed by atoms with Crippen molar-refractivity contribution in [2.75, 3.05) is 4.90 Å². The van der Waals surface area contributed by atoms with Crippen LogP contribution in [0.25, 0.3) is 33.4 Å². The summed E-state index contributed by atoms with van der Waals surface area (Å²) in [5.74, 6) is 0. The summed E-state index contributed by atoms with van der Waals surface area (Å²) in [4.78, 5) is 2.52. The van der Waals surface area contributed by atoms with Crippen LogP contribution in [-0.2, 0) is 16.2 Å². The van der Waals surface area contributed by atoms with Crippen molar-refractivity contribution in [2.45, 2.75) is 43.9 Å². The maximum Gasteiger partial charge on any atom is 0.0713 e. The third kappa shape index (κ3) is 4.32. The lowest BCUT2D eigenvalue weighted by molar-refractivity contribution is 0.660. The summed E-state index contributed by atoms with van der Waals surface area (Å²) in [6, 6.07) is 70.6. The Morgan fingerprint density at radius 3 is 1.41 bits per heavy atom. The molecule has 0 atom stereocenters. The van der Waals surface area contributed by atoms with Crippen LogP contribution in [0.2, 0.25) is 0 Å². The van der Waals surface area contributed by atoms with Gasteiger partial charge in [0.2, 0.25) is 0 Å². The molecule has 11 rings (SSSR count). The Bertz CT molecular complexity index is 2810. The van der Waals surface area contributed by atoms with E-state index in [1.807, 2.05) is 0 Å². The zero-order chi connectivity index (χ0) is 37.8. The van der Waals surface area contributed by atoms with Gasteiger partial charge in [-0.25, -0.2) is 0 Å². The number of benzene rings is 8. The van der Waals surface area contributed by atoms with Gasteiger partial charge in [-0.3, -0.25) is 0 Å². The predicted molar refractivity (Wildman–Crippen MR) is 234 cm³/mol. The fourth-order valence-corrected chi connectivity index (χ4v) is 10.8. The molecule has 1 heteroatoms. The predicted octanol–water partition coefficient (Wildman–Crippen LogP) is 14.1. The van der Waals surface area contributed by atoms with Crippen molar-refractivity contribution in [1.82, 2.24) is 0 Å². The molecule has 0 radical (unpaired) electrons. The summed E-state index contributed by atoms with van der Waals surface area (Å²) >= 11 is 0. The Labute approximate surface area is 330 Å². The van der Waals surface area contributed by atoms with Crippen LogP contribution in [0.3, 0.4) is 0 Å². The highest BCUT2D eigenvalue weighted by molar-refractivity contribution is 5.96. The van der Waals surface area contributed by atoms with Gasteiger partial charge < -0.3 is 4.90 Å². The summed E-state index contributed by atoms with van der Waals surface area (Å²) in [5.41, 5.74) is 21.5. The summed E-state index contributed by atoms with van der Waals surface area (Å²) in [7, 11) is 0. The molecule has 0 saturated heterocycles. The number of rotatable bonds is 5. The first kappa shape index (κ1) is 32.9. The highest BCUT2D eigenvalue weighted by atomic mass is 15.1. The van der Waals surface area contributed by atoms with Gasteiger partial charge >= 0.3 is 0 Å². The number of fused-ring (bicyclic) bond motifs is 9. The van der Waals surface area contributed by atoms with Crippen molar-refractivity contribution in [3.63, 3.8) is 0 Å². The Morgan fingerprint density at radius 2 is 0.768 bits per heavy atom. The molecular formula is C55H43N. The van der Waals surface area contributed by atoms with Gasteiger partial charge in [-0.15, -0.1) is 0 Å². The fraction of sp³-hybridized carbons (Fsp3) is 0.127. The minimum absolute atomic E-state index is 0.107. The molecule has 0 aliphatic heterocycles. The average molecular weight is 718 g/mol. The van der Waals surface area contributed by atoms with Crippen molar-refractivity contribution in [1.29, 1.82) is 0 Å². The molecule has 0 saturated carbocycles. The molecule has 0 spiro atoms. The molecule has 8 aromatic rings. The molecule has 3 aliphatic rings. The fourth-order valence-electron chi connectivity index (χ4n) is 10.8. The van der Waals surface area contributed by atoms with Gasteiger partial charge in [0.1, 0.15) is 0 Å². The van der Waals surface area contributed by atoms with Gasteiger partial charge in [0.15, 0.2) is 0 Å². The van der Waals surface area contributed by atoms with Crippen molar-refractivity contribution in [3.8, 4) is 33.4 Å². The van der Waals surface area contributed by atoms with Crippen LogP contribution in [0.4, 0.5) is 17.1 Å². The second-order valence-electron chi connectivity index (χ2n) is 16.9. The van der Waals surface area contributed by atoms with Crippen molar-refractivity contribution < 1.29 is 0 Å². The quantitative estimate of drug-likeness (QED) is 0.171. The van der Waals surface area contributed by atoms with Crippen LogP contribution in [0, 0.1) is 0 Å². The molecule has 3 aliphatic carbocycles. The van der Waals surface area contributed by atoms with E-state index in [1.54, 1.807) is 0 Å². The first-order valence-corrected chi connectivity index (χ1v) is 19.9. The average Bonchev–Trinajstić information content (AvgIpc) is 3.77.